The van der Waals surface area contributed by atoms with Gasteiger partial charge in [-0.05, 0) is 36.0 Å². The Bertz CT molecular complexity index is 913. The Kier molecular flexibility index (Phi) is 6.55. The van der Waals surface area contributed by atoms with Crippen LogP contribution in [0.5, 0.6) is 0 Å². The molecule has 0 spiro atoms. The second-order valence-electron chi connectivity index (χ2n) is 8.99. The quantitative estimate of drug-likeness (QED) is 0.599. The van der Waals surface area contributed by atoms with Crippen molar-refractivity contribution >= 4 is 11.6 Å². The molecule has 1 aliphatic carbocycles. The number of ether oxygens (including phenoxy) is 1. The third-order valence-corrected chi connectivity index (χ3v) is 6.54. The van der Waals surface area contributed by atoms with E-state index in [4.69, 9.17) is 4.74 Å². The zero-order valence-electron chi connectivity index (χ0n) is 18.1. The number of halogens is 4. The van der Waals surface area contributed by atoms with Gasteiger partial charge in [0.25, 0.3) is 0 Å². The minimum atomic E-state index is -4.41. The molecule has 2 heterocycles. The predicted molar refractivity (Wildman–Crippen MR) is 114 cm³/mol. The van der Waals surface area contributed by atoms with Gasteiger partial charge < -0.3 is 15.0 Å². The minimum absolute atomic E-state index is 0.109. The van der Waals surface area contributed by atoms with E-state index in [0.29, 0.717) is 25.3 Å². The van der Waals surface area contributed by atoms with Gasteiger partial charge >= 0.3 is 6.18 Å². The minimum Gasteiger partial charge on any atom is -0.377 e. The lowest BCUT2D eigenvalue weighted by Crippen LogP contribution is -2.40. The van der Waals surface area contributed by atoms with E-state index in [2.05, 4.69) is 22.2 Å². The molecule has 5 nitrogen and oxygen atoms in total. The molecule has 2 aliphatic rings. The first-order valence-corrected chi connectivity index (χ1v) is 11.0. The number of morpholine rings is 1. The van der Waals surface area contributed by atoms with Gasteiger partial charge in [0.05, 0.1) is 24.8 Å². The standard InChI is InChI=1S/C23H28F4N4O/c1-22(9-3-2-4-10-22)14-28-20-19(24)21(30-15-29-20)31-11-12-32-13-18(31)16-5-7-17(8-6-16)23(25,26)27/h5-8,15,18H,2-4,9-14H2,1H3,(H,28,29,30)/t18-/m1/s1. The summed E-state index contributed by atoms with van der Waals surface area (Å²) in [4.78, 5) is 10.0. The summed E-state index contributed by atoms with van der Waals surface area (Å²) in [5, 5.41) is 3.17. The number of benzene rings is 1. The van der Waals surface area contributed by atoms with E-state index in [1.54, 1.807) is 4.90 Å². The molecule has 1 aromatic heterocycles. The maximum Gasteiger partial charge on any atom is 0.416 e. The highest BCUT2D eigenvalue weighted by Gasteiger charge is 2.33. The first kappa shape index (κ1) is 22.8. The molecule has 4 rings (SSSR count). The smallest absolute Gasteiger partial charge is 0.377 e. The first-order valence-electron chi connectivity index (χ1n) is 11.0. The molecular formula is C23H28F4N4O. The second kappa shape index (κ2) is 9.21. The van der Waals surface area contributed by atoms with Crippen LogP contribution in [0.1, 0.15) is 56.2 Å². The van der Waals surface area contributed by atoms with Crippen molar-refractivity contribution in [3.05, 3.63) is 47.5 Å². The molecule has 32 heavy (non-hydrogen) atoms. The van der Waals surface area contributed by atoms with E-state index in [1.165, 1.54) is 37.7 Å². The largest absolute Gasteiger partial charge is 0.416 e. The van der Waals surface area contributed by atoms with Crippen LogP contribution in [0.2, 0.25) is 0 Å². The number of anilines is 2. The number of nitrogens with one attached hydrogen (secondary N) is 1. The maximum atomic E-state index is 15.4. The second-order valence-corrected chi connectivity index (χ2v) is 8.99. The molecule has 9 heteroatoms. The van der Waals surface area contributed by atoms with Crippen LogP contribution in [0.3, 0.4) is 0 Å². The molecule has 0 radical (unpaired) electrons. The molecule has 1 saturated carbocycles. The fraction of sp³-hybridized carbons (Fsp3) is 0.565. The highest BCUT2D eigenvalue weighted by Crippen LogP contribution is 2.37. The van der Waals surface area contributed by atoms with Gasteiger partial charge in [-0.3, -0.25) is 0 Å². The number of rotatable bonds is 5. The molecule has 0 amide bonds. The zero-order valence-corrected chi connectivity index (χ0v) is 18.1. The van der Waals surface area contributed by atoms with Gasteiger partial charge in [0.2, 0.25) is 5.82 Å². The average molecular weight is 452 g/mol. The Morgan fingerprint density at radius 2 is 1.84 bits per heavy atom. The molecular weight excluding hydrogens is 424 g/mol. The van der Waals surface area contributed by atoms with Crippen molar-refractivity contribution in [2.75, 3.05) is 36.5 Å². The van der Waals surface area contributed by atoms with Gasteiger partial charge in [-0.2, -0.15) is 17.6 Å². The summed E-state index contributed by atoms with van der Waals surface area (Å²) in [6.45, 7) is 3.82. The van der Waals surface area contributed by atoms with Gasteiger partial charge in [0.15, 0.2) is 11.6 Å². The fourth-order valence-electron chi connectivity index (χ4n) is 4.59. The molecule has 1 atom stereocenters. The Balaban J connectivity index is 1.55. The highest BCUT2D eigenvalue weighted by atomic mass is 19.4. The lowest BCUT2D eigenvalue weighted by atomic mass is 9.76. The van der Waals surface area contributed by atoms with Crippen molar-refractivity contribution in [2.24, 2.45) is 5.41 Å². The number of alkyl halides is 3. The lowest BCUT2D eigenvalue weighted by Gasteiger charge is -2.37. The molecule has 2 aromatic rings. The van der Waals surface area contributed by atoms with Gasteiger partial charge in [0.1, 0.15) is 6.33 Å². The van der Waals surface area contributed by atoms with E-state index in [1.807, 2.05) is 0 Å². The number of aromatic nitrogens is 2. The molecule has 1 aromatic carbocycles. The molecule has 174 valence electrons. The molecule has 0 unspecified atom stereocenters. The molecule has 1 saturated heterocycles. The molecule has 2 fully saturated rings. The van der Waals surface area contributed by atoms with E-state index in [-0.39, 0.29) is 23.7 Å². The Morgan fingerprint density at radius 1 is 1.12 bits per heavy atom. The summed E-state index contributed by atoms with van der Waals surface area (Å²) in [6, 6.07) is 4.46. The Morgan fingerprint density at radius 3 is 2.53 bits per heavy atom. The normalized spacial score (nSPS) is 21.4. The van der Waals surface area contributed by atoms with Crippen molar-refractivity contribution in [1.82, 2.24) is 9.97 Å². The molecule has 1 aliphatic heterocycles. The highest BCUT2D eigenvalue weighted by molar-refractivity contribution is 5.53. The SMILES string of the molecule is CC1(CNc2ncnc(N3CCOC[C@@H]3c3ccc(C(F)(F)F)cc3)c2F)CCCCC1. The van der Waals surface area contributed by atoms with Crippen molar-refractivity contribution in [1.29, 1.82) is 0 Å². The zero-order chi connectivity index (χ0) is 22.8. The predicted octanol–water partition coefficient (Wildman–Crippen LogP) is 5.59. The number of hydrogen-bond donors (Lipinski definition) is 1. The van der Waals surface area contributed by atoms with E-state index in [9.17, 15) is 13.2 Å². The van der Waals surface area contributed by atoms with Crippen molar-refractivity contribution < 1.29 is 22.3 Å². The third-order valence-electron chi connectivity index (χ3n) is 6.54. The summed E-state index contributed by atoms with van der Waals surface area (Å²) in [5.41, 5.74) is -0.00210. The summed E-state index contributed by atoms with van der Waals surface area (Å²) in [7, 11) is 0. The lowest BCUT2D eigenvalue weighted by molar-refractivity contribution is -0.137. The van der Waals surface area contributed by atoms with E-state index < -0.39 is 23.6 Å². The Labute approximate surface area is 185 Å². The third kappa shape index (κ3) is 4.98. The number of nitrogens with zero attached hydrogens (tertiary/aromatic N) is 3. The van der Waals surface area contributed by atoms with Crippen molar-refractivity contribution in [2.45, 2.75) is 51.2 Å². The van der Waals surface area contributed by atoms with Crippen LogP contribution in [-0.4, -0.2) is 36.3 Å². The van der Waals surface area contributed by atoms with Crippen LogP contribution < -0.4 is 10.2 Å². The summed E-state index contributed by atoms with van der Waals surface area (Å²) >= 11 is 0. The van der Waals surface area contributed by atoms with Gasteiger partial charge in [0, 0.05) is 13.1 Å². The van der Waals surface area contributed by atoms with E-state index in [0.717, 1.165) is 25.0 Å². The first-order chi connectivity index (χ1) is 15.3. The molecule has 0 bridgehead atoms. The number of hydrogen-bond acceptors (Lipinski definition) is 5. The summed E-state index contributed by atoms with van der Waals surface area (Å²) in [5.74, 6) is -0.269. The maximum absolute atomic E-state index is 15.4. The van der Waals surface area contributed by atoms with Crippen LogP contribution in [0.4, 0.5) is 29.2 Å². The van der Waals surface area contributed by atoms with Gasteiger partial charge in [-0.25, -0.2) is 9.97 Å². The topological polar surface area (TPSA) is 50.3 Å². The van der Waals surface area contributed by atoms with Crippen LogP contribution in [0.25, 0.3) is 0 Å². The van der Waals surface area contributed by atoms with Crippen LogP contribution in [0, 0.1) is 11.2 Å². The fourth-order valence-corrected chi connectivity index (χ4v) is 4.59. The average Bonchev–Trinajstić information content (AvgIpc) is 2.78. The van der Waals surface area contributed by atoms with Gasteiger partial charge in [-0.1, -0.05) is 38.3 Å². The van der Waals surface area contributed by atoms with Crippen LogP contribution >= 0.6 is 0 Å². The van der Waals surface area contributed by atoms with Crippen molar-refractivity contribution in [3.8, 4) is 0 Å². The summed E-state index contributed by atoms with van der Waals surface area (Å²) in [6.07, 6.45) is 2.71. The van der Waals surface area contributed by atoms with Crippen LogP contribution in [0.15, 0.2) is 30.6 Å². The monoisotopic (exact) mass is 452 g/mol. The summed E-state index contributed by atoms with van der Waals surface area (Å²) < 4.78 is 59.8. The van der Waals surface area contributed by atoms with Gasteiger partial charge in [-0.15, -0.1) is 0 Å². The van der Waals surface area contributed by atoms with Crippen LogP contribution in [-0.2, 0) is 10.9 Å². The van der Waals surface area contributed by atoms with E-state index >= 15 is 4.39 Å². The Hall–Kier alpha value is -2.42. The van der Waals surface area contributed by atoms with Crippen molar-refractivity contribution in [3.63, 3.8) is 0 Å². The molecule has 1 N–H and O–H groups in total.